The molecule has 1 nitrogen and oxygen atoms in total. The highest BCUT2D eigenvalue weighted by Crippen LogP contribution is 2.32. The lowest BCUT2D eigenvalue weighted by Crippen LogP contribution is -2.46. The van der Waals surface area contributed by atoms with Gasteiger partial charge < -0.3 is 0 Å². The lowest BCUT2D eigenvalue weighted by atomic mass is 9.86. The van der Waals surface area contributed by atoms with Crippen LogP contribution in [0.1, 0.15) is 37.7 Å². The van der Waals surface area contributed by atoms with Crippen molar-refractivity contribution in [3.05, 3.63) is 41.0 Å². The third-order valence-electron chi connectivity index (χ3n) is 4.25. The predicted molar refractivity (Wildman–Crippen MR) is 72.8 cm³/mol. The molecule has 1 unspecified atom stereocenters. The first-order valence-corrected chi connectivity index (χ1v) is 7.13. The molecular formula is C16H19F2N. The summed E-state index contributed by atoms with van der Waals surface area (Å²) < 4.78 is 26.2. The summed E-state index contributed by atoms with van der Waals surface area (Å²) in [5.74, 6) is -1.53. The van der Waals surface area contributed by atoms with E-state index in [1.54, 1.807) is 6.07 Å². The maximum atomic E-state index is 13.3. The van der Waals surface area contributed by atoms with Gasteiger partial charge >= 0.3 is 0 Å². The average molecular weight is 263 g/mol. The number of hydrogen-bond acceptors (Lipinski definition) is 1. The van der Waals surface area contributed by atoms with E-state index in [4.69, 9.17) is 0 Å². The van der Waals surface area contributed by atoms with Crippen molar-refractivity contribution < 1.29 is 8.78 Å². The minimum atomic E-state index is -0.773. The second kappa shape index (κ2) is 5.41. The minimum Gasteiger partial charge on any atom is -0.297 e. The van der Waals surface area contributed by atoms with E-state index in [0.717, 1.165) is 12.0 Å². The number of benzene rings is 1. The Kier molecular flexibility index (Phi) is 3.65. The second-order valence-electron chi connectivity index (χ2n) is 5.54. The number of halogens is 2. The van der Waals surface area contributed by atoms with Crippen LogP contribution in [-0.2, 0) is 0 Å². The Balaban J connectivity index is 1.84. The zero-order valence-electron chi connectivity index (χ0n) is 11.0. The Morgan fingerprint density at radius 3 is 2.58 bits per heavy atom. The molecule has 0 spiro atoms. The van der Waals surface area contributed by atoms with Crippen LogP contribution < -0.4 is 0 Å². The van der Waals surface area contributed by atoms with Crippen molar-refractivity contribution in [3.63, 3.8) is 0 Å². The number of hydrogen-bond donors (Lipinski definition) is 0. The molecule has 2 aliphatic rings. The molecule has 3 rings (SSSR count). The van der Waals surface area contributed by atoms with Gasteiger partial charge in [-0.15, -0.1) is 0 Å². The maximum Gasteiger partial charge on any atom is 0.159 e. The second-order valence-corrected chi connectivity index (χ2v) is 5.54. The number of likely N-dealkylation sites (tertiary alicyclic amines) is 1. The Hall–Kier alpha value is -1.22. The van der Waals surface area contributed by atoms with Crippen LogP contribution in [0.15, 0.2) is 23.8 Å². The topological polar surface area (TPSA) is 3.24 Å². The molecule has 1 saturated heterocycles. The molecule has 1 atom stereocenters. The van der Waals surface area contributed by atoms with Crippen LogP contribution >= 0.6 is 0 Å². The molecule has 102 valence electrons. The zero-order chi connectivity index (χ0) is 13.2. The van der Waals surface area contributed by atoms with E-state index in [9.17, 15) is 8.78 Å². The minimum absolute atomic E-state index is 0.524. The monoisotopic (exact) mass is 263 g/mol. The highest BCUT2D eigenvalue weighted by atomic mass is 19.2. The summed E-state index contributed by atoms with van der Waals surface area (Å²) in [5, 5.41) is 0. The molecule has 1 aliphatic heterocycles. The van der Waals surface area contributed by atoms with E-state index in [1.165, 1.54) is 56.5 Å². The molecule has 1 heterocycles. The van der Waals surface area contributed by atoms with Gasteiger partial charge in [0.05, 0.1) is 0 Å². The molecule has 0 N–H and O–H groups in total. The Morgan fingerprint density at radius 2 is 1.89 bits per heavy atom. The first kappa shape index (κ1) is 12.8. The van der Waals surface area contributed by atoms with Gasteiger partial charge in [-0.2, -0.15) is 0 Å². The van der Waals surface area contributed by atoms with Crippen molar-refractivity contribution in [2.45, 2.75) is 38.1 Å². The van der Waals surface area contributed by atoms with E-state index < -0.39 is 11.6 Å². The number of nitrogens with zero attached hydrogens (tertiary/aromatic N) is 1. The van der Waals surface area contributed by atoms with Crippen LogP contribution in [0.5, 0.6) is 0 Å². The van der Waals surface area contributed by atoms with Gasteiger partial charge in [0.15, 0.2) is 11.6 Å². The van der Waals surface area contributed by atoms with E-state index in [1.807, 2.05) is 0 Å². The average Bonchev–Trinajstić information content (AvgIpc) is 2.34. The summed E-state index contributed by atoms with van der Waals surface area (Å²) in [7, 11) is 0. The molecular weight excluding hydrogens is 244 g/mol. The van der Waals surface area contributed by atoms with Gasteiger partial charge in [0, 0.05) is 6.04 Å². The molecule has 19 heavy (non-hydrogen) atoms. The Labute approximate surface area is 112 Å². The van der Waals surface area contributed by atoms with E-state index in [-0.39, 0.29) is 0 Å². The summed E-state index contributed by atoms with van der Waals surface area (Å²) in [5.41, 5.74) is 2.17. The summed E-state index contributed by atoms with van der Waals surface area (Å²) in [4.78, 5) is 2.50. The predicted octanol–water partition coefficient (Wildman–Crippen LogP) is 4.00. The summed E-state index contributed by atoms with van der Waals surface area (Å²) in [6, 6.07) is 4.69. The van der Waals surface area contributed by atoms with Crippen LogP contribution in [0.2, 0.25) is 0 Å². The number of rotatable bonds is 2. The van der Waals surface area contributed by atoms with Crippen molar-refractivity contribution in [3.8, 4) is 0 Å². The molecule has 1 aliphatic carbocycles. The van der Waals surface area contributed by atoms with Crippen molar-refractivity contribution in [1.82, 2.24) is 4.90 Å². The molecule has 0 bridgehead atoms. The third kappa shape index (κ3) is 2.71. The van der Waals surface area contributed by atoms with E-state index in [2.05, 4.69) is 11.0 Å². The van der Waals surface area contributed by atoms with Gasteiger partial charge in [-0.05, 0) is 56.5 Å². The van der Waals surface area contributed by atoms with Gasteiger partial charge in [-0.1, -0.05) is 24.1 Å². The Morgan fingerprint density at radius 1 is 1.05 bits per heavy atom. The largest absolute Gasteiger partial charge is 0.297 e. The SMILES string of the molecule is Fc1ccc(C=C2CCCCC2N2CCC2)cc1F. The molecule has 0 aromatic heterocycles. The van der Waals surface area contributed by atoms with E-state index >= 15 is 0 Å². The van der Waals surface area contributed by atoms with Crippen molar-refractivity contribution in [2.24, 2.45) is 0 Å². The zero-order valence-corrected chi connectivity index (χ0v) is 11.0. The molecule has 2 fully saturated rings. The normalized spacial score (nSPS) is 26.4. The van der Waals surface area contributed by atoms with E-state index in [0.29, 0.717) is 6.04 Å². The third-order valence-corrected chi connectivity index (χ3v) is 4.25. The summed E-state index contributed by atoms with van der Waals surface area (Å²) >= 11 is 0. The van der Waals surface area contributed by atoms with Crippen LogP contribution in [0.25, 0.3) is 6.08 Å². The fourth-order valence-corrected chi connectivity index (χ4v) is 3.07. The van der Waals surface area contributed by atoms with Crippen molar-refractivity contribution in [2.75, 3.05) is 13.1 Å². The smallest absolute Gasteiger partial charge is 0.159 e. The van der Waals surface area contributed by atoms with Gasteiger partial charge in [0.25, 0.3) is 0 Å². The fraction of sp³-hybridized carbons (Fsp3) is 0.500. The fourth-order valence-electron chi connectivity index (χ4n) is 3.07. The van der Waals surface area contributed by atoms with Gasteiger partial charge in [-0.3, -0.25) is 4.90 Å². The molecule has 1 aromatic rings. The molecule has 0 amide bonds. The van der Waals surface area contributed by atoms with Gasteiger partial charge in [0.1, 0.15) is 0 Å². The molecule has 1 aromatic carbocycles. The van der Waals surface area contributed by atoms with Crippen LogP contribution in [0.3, 0.4) is 0 Å². The Bertz CT molecular complexity index is 492. The lowest BCUT2D eigenvalue weighted by molar-refractivity contribution is 0.121. The quantitative estimate of drug-likeness (QED) is 0.779. The lowest BCUT2D eigenvalue weighted by Gasteiger charge is -2.42. The van der Waals surface area contributed by atoms with Gasteiger partial charge in [0.2, 0.25) is 0 Å². The molecule has 1 saturated carbocycles. The maximum absolute atomic E-state index is 13.3. The summed E-state index contributed by atoms with van der Waals surface area (Å²) in [6.07, 6.45) is 8.12. The van der Waals surface area contributed by atoms with Crippen molar-refractivity contribution in [1.29, 1.82) is 0 Å². The highest BCUT2D eigenvalue weighted by Gasteiger charge is 2.28. The first-order chi connectivity index (χ1) is 9.24. The van der Waals surface area contributed by atoms with Crippen LogP contribution in [0.4, 0.5) is 8.78 Å². The highest BCUT2D eigenvalue weighted by molar-refractivity contribution is 5.54. The van der Waals surface area contributed by atoms with Crippen LogP contribution in [-0.4, -0.2) is 24.0 Å². The van der Waals surface area contributed by atoms with Gasteiger partial charge in [-0.25, -0.2) is 8.78 Å². The first-order valence-electron chi connectivity index (χ1n) is 7.13. The standard InChI is InChI=1S/C16H19F2N/c17-14-7-6-12(11-15(14)18)10-13-4-1-2-5-16(13)19-8-3-9-19/h6-7,10-11,16H,1-5,8-9H2. The molecule has 0 radical (unpaired) electrons. The summed E-state index contributed by atoms with van der Waals surface area (Å²) in [6.45, 7) is 2.36. The van der Waals surface area contributed by atoms with Crippen molar-refractivity contribution >= 4 is 6.08 Å². The van der Waals surface area contributed by atoms with Crippen LogP contribution in [0, 0.1) is 11.6 Å². The molecule has 3 heteroatoms.